The molecule has 0 aliphatic heterocycles. The second-order valence-corrected chi connectivity index (χ2v) is 6.20. The molecule has 22 heavy (non-hydrogen) atoms. The van der Waals surface area contributed by atoms with E-state index in [-0.39, 0.29) is 23.4 Å². The summed E-state index contributed by atoms with van der Waals surface area (Å²) in [5.74, 6) is -0.265. The lowest BCUT2D eigenvalue weighted by atomic mass is 9.82. The number of Topliss-reactive ketones (excluding diaryl/α,β-unsaturated/α-hetero) is 2. The summed E-state index contributed by atoms with van der Waals surface area (Å²) in [5.41, 5.74) is 2.49. The Morgan fingerprint density at radius 1 is 0.818 bits per heavy atom. The number of carbonyl (C=O) groups excluding carboxylic acids is 2. The summed E-state index contributed by atoms with van der Waals surface area (Å²) in [7, 11) is 0. The minimum atomic E-state index is -0.136. The van der Waals surface area contributed by atoms with E-state index in [0.29, 0.717) is 11.1 Å². The van der Waals surface area contributed by atoms with E-state index >= 15 is 0 Å². The van der Waals surface area contributed by atoms with Crippen molar-refractivity contribution in [3.8, 4) is 0 Å². The number of ketones is 2. The van der Waals surface area contributed by atoms with Crippen molar-refractivity contribution in [2.24, 2.45) is 0 Å². The van der Waals surface area contributed by atoms with Crippen LogP contribution in [0.5, 0.6) is 0 Å². The van der Waals surface area contributed by atoms with Crippen molar-refractivity contribution in [2.75, 3.05) is 0 Å². The van der Waals surface area contributed by atoms with Crippen LogP contribution < -0.4 is 0 Å². The van der Waals surface area contributed by atoms with E-state index in [2.05, 4.69) is 20.8 Å². The molecule has 0 fully saturated rings. The number of hydrogen-bond donors (Lipinski definition) is 0. The van der Waals surface area contributed by atoms with Crippen LogP contribution in [0.2, 0.25) is 0 Å². The van der Waals surface area contributed by atoms with Gasteiger partial charge in [0.25, 0.3) is 0 Å². The third kappa shape index (κ3) is 3.70. The highest BCUT2D eigenvalue weighted by atomic mass is 16.1. The van der Waals surface area contributed by atoms with E-state index in [1.165, 1.54) is 5.56 Å². The number of carbonyl (C=O) groups is 2. The van der Waals surface area contributed by atoms with Crippen molar-refractivity contribution in [3.63, 3.8) is 0 Å². The topological polar surface area (TPSA) is 34.1 Å². The summed E-state index contributed by atoms with van der Waals surface area (Å²) in [6, 6.07) is 16.6. The molecule has 2 rings (SSSR count). The summed E-state index contributed by atoms with van der Waals surface area (Å²) in [4.78, 5) is 24.3. The third-order valence-corrected chi connectivity index (χ3v) is 4.29. The zero-order chi connectivity index (χ0) is 16.2. The molecule has 2 aromatic carbocycles. The minimum Gasteiger partial charge on any atom is -0.294 e. The van der Waals surface area contributed by atoms with E-state index in [1.54, 1.807) is 24.3 Å². The molecule has 2 heteroatoms. The fourth-order valence-corrected chi connectivity index (χ4v) is 2.29. The number of rotatable bonds is 6. The second-order valence-electron chi connectivity index (χ2n) is 6.20. The largest absolute Gasteiger partial charge is 0.294 e. The van der Waals surface area contributed by atoms with Crippen molar-refractivity contribution in [2.45, 2.75) is 39.0 Å². The zero-order valence-corrected chi connectivity index (χ0v) is 13.4. The Balaban J connectivity index is 2.09. The average Bonchev–Trinajstić information content (AvgIpc) is 2.55. The van der Waals surface area contributed by atoms with Gasteiger partial charge in [0.2, 0.25) is 0 Å². The van der Waals surface area contributed by atoms with Crippen LogP contribution in [0.15, 0.2) is 54.6 Å². The Morgan fingerprint density at radius 3 is 1.82 bits per heavy atom. The maximum atomic E-state index is 12.2. The molecule has 0 atom stereocenters. The molecule has 0 amide bonds. The SMILES string of the molecule is CCC(C)(C)c1ccc(C(=O)CC(=O)c2ccccc2)cc1. The van der Waals surface area contributed by atoms with Crippen molar-refractivity contribution in [3.05, 3.63) is 71.3 Å². The molecule has 0 aliphatic carbocycles. The van der Waals surface area contributed by atoms with E-state index < -0.39 is 0 Å². The molecule has 0 aliphatic rings. The third-order valence-electron chi connectivity index (χ3n) is 4.29. The molecule has 0 saturated heterocycles. The average molecular weight is 294 g/mol. The van der Waals surface area contributed by atoms with Crippen LogP contribution in [0.3, 0.4) is 0 Å². The highest BCUT2D eigenvalue weighted by molar-refractivity contribution is 6.13. The van der Waals surface area contributed by atoms with Crippen LogP contribution in [0.25, 0.3) is 0 Å². The van der Waals surface area contributed by atoms with Crippen molar-refractivity contribution >= 4 is 11.6 Å². The Labute approximate surface area is 132 Å². The van der Waals surface area contributed by atoms with Crippen LogP contribution >= 0.6 is 0 Å². The summed E-state index contributed by atoms with van der Waals surface area (Å²) < 4.78 is 0. The second kappa shape index (κ2) is 6.69. The van der Waals surface area contributed by atoms with Gasteiger partial charge in [-0.2, -0.15) is 0 Å². The number of benzene rings is 2. The molecular weight excluding hydrogens is 272 g/mol. The minimum absolute atomic E-state index is 0.0828. The Hall–Kier alpha value is -2.22. The molecule has 114 valence electrons. The maximum Gasteiger partial charge on any atom is 0.170 e. The van der Waals surface area contributed by atoms with Gasteiger partial charge in [-0.3, -0.25) is 9.59 Å². The van der Waals surface area contributed by atoms with E-state index in [9.17, 15) is 9.59 Å². The quantitative estimate of drug-likeness (QED) is 0.565. The first-order valence-corrected chi connectivity index (χ1v) is 7.66. The van der Waals surface area contributed by atoms with Gasteiger partial charge in [0.1, 0.15) is 0 Å². The first-order chi connectivity index (χ1) is 10.4. The van der Waals surface area contributed by atoms with Crippen LogP contribution in [0.1, 0.15) is 59.9 Å². The fourth-order valence-electron chi connectivity index (χ4n) is 2.29. The van der Waals surface area contributed by atoms with Gasteiger partial charge in [-0.25, -0.2) is 0 Å². The lowest BCUT2D eigenvalue weighted by molar-refractivity contribution is 0.0894. The molecule has 0 heterocycles. The lowest BCUT2D eigenvalue weighted by Crippen LogP contribution is -2.15. The van der Waals surface area contributed by atoms with Gasteiger partial charge >= 0.3 is 0 Å². The molecule has 2 nitrogen and oxygen atoms in total. The summed E-state index contributed by atoms with van der Waals surface area (Å²) >= 11 is 0. The van der Waals surface area contributed by atoms with Gasteiger partial charge in [-0.15, -0.1) is 0 Å². The molecule has 0 spiro atoms. The van der Waals surface area contributed by atoms with Crippen LogP contribution in [0, 0.1) is 0 Å². The molecule has 0 unspecified atom stereocenters. The van der Waals surface area contributed by atoms with Gasteiger partial charge < -0.3 is 0 Å². The molecule has 0 N–H and O–H groups in total. The van der Waals surface area contributed by atoms with Crippen molar-refractivity contribution < 1.29 is 9.59 Å². The molecule has 2 aromatic rings. The van der Waals surface area contributed by atoms with Gasteiger partial charge in [-0.05, 0) is 17.4 Å². The molecule has 0 radical (unpaired) electrons. The Morgan fingerprint density at radius 2 is 1.32 bits per heavy atom. The van der Waals surface area contributed by atoms with Crippen molar-refractivity contribution in [1.29, 1.82) is 0 Å². The normalized spacial score (nSPS) is 11.2. The molecular formula is C20H22O2. The van der Waals surface area contributed by atoms with Gasteiger partial charge in [0.05, 0.1) is 6.42 Å². The first-order valence-electron chi connectivity index (χ1n) is 7.66. The highest BCUT2D eigenvalue weighted by Crippen LogP contribution is 2.26. The smallest absolute Gasteiger partial charge is 0.170 e. The first kappa shape index (κ1) is 16.2. The van der Waals surface area contributed by atoms with E-state index in [4.69, 9.17) is 0 Å². The predicted molar refractivity (Wildman–Crippen MR) is 89.5 cm³/mol. The van der Waals surface area contributed by atoms with Gasteiger partial charge in [0, 0.05) is 11.1 Å². The van der Waals surface area contributed by atoms with Gasteiger partial charge in [0.15, 0.2) is 11.6 Å². The summed E-state index contributed by atoms with van der Waals surface area (Å²) in [5, 5.41) is 0. The Kier molecular flexibility index (Phi) is 4.92. The number of hydrogen-bond acceptors (Lipinski definition) is 2. The zero-order valence-electron chi connectivity index (χ0n) is 13.4. The van der Waals surface area contributed by atoms with Crippen LogP contribution in [0.4, 0.5) is 0 Å². The van der Waals surface area contributed by atoms with E-state index in [1.807, 2.05) is 30.3 Å². The summed E-state index contributed by atoms with van der Waals surface area (Å²) in [6.07, 6.45) is 0.952. The molecule has 0 saturated carbocycles. The lowest BCUT2D eigenvalue weighted by Gasteiger charge is -2.23. The Bertz CT molecular complexity index is 652. The van der Waals surface area contributed by atoms with Gasteiger partial charge in [-0.1, -0.05) is 75.4 Å². The molecule has 0 aromatic heterocycles. The van der Waals surface area contributed by atoms with Crippen molar-refractivity contribution in [1.82, 2.24) is 0 Å². The standard InChI is InChI=1S/C20H22O2/c1-4-20(2,3)17-12-10-16(11-13-17)19(22)14-18(21)15-8-6-5-7-9-15/h5-13H,4,14H2,1-3H3. The maximum absolute atomic E-state index is 12.2. The fraction of sp³-hybridized carbons (Fsp3) is 0.300. The van der Waals surface area contributed by atoms with Crippen LogP contribution in [-0.2, 0) is 5.41 Å². The monoisotopic (exact) mass is 294 g/mol. The highest BCUT2D eigenvalue weighted by Gasteiger charge is 2.19. The molecule has 0 bridgehead atoms. The summed E-state index contributed by atoms with van der Waals surface area (Å²) in [6.45, 7) is 6.52. The van der Waals surface area contributed by atoms with E-state index in [0.717, 1.165) is 6.42 Å². The van der Waals surface area contributed by atoms with Crippen LogP contribution in [-0.4, -0.2) is 11.6 Å². The predicted octanol–water partition coefficient (Wildman–Crippen LogP) is 4.83.